The standard InChI is InChI=1S/C16H16FN5O/c17-14-9-4-5-10-15(14)23-12-6-11-18-16-19-20-21-22(16)13-7-2-1-3-8-13/h1-5,7-10H,6,11-12H2,(H,18,19,21). The molecule has 118 valence electrons. The molecule has 0 aliphatic rings. The first kappa shape index (κ1) is 15.0. The van der Waals surface area contributed by atoms with Gasteiger partial charge in [-0.15, -0.1) is 0 Å². The lowest BCUT2D eigenvalue weighted by Gasteiger charge is -2.08. The minimum Gasteiger partial charge on any atom is -0.490 e. The summed E-state index contributed by atoms with van der Waals surface area (Å²) in [6.07, 6.45) is 0.690. The largest absolute Gasteiger partial charge is 0.490 e. The summed E-state index contributed by atoms with van der Waals surface area (Å²) in [6, 6.07) is 16.0. The topological polar surface area (TPSA) is 64.9 Å². The summed E-state index contributed by atoms with van der Waals surface area (Å²) in [5.74, 6) is 0.470. The molecule has 0 saturated carbocycles. The van der Waals surface area contributed by atoms with E-state index in [-0.39, 0.29) is 11.6 Å². The molecule has 3 aromatic rings. The first-order valence-corrected chi connectivity index (χ1v) is 7.29. The van der Waals surface area contributed by atoms with Crippen molar-refractivity contribution >= 4 is 5.95 Å². The van der Waals surface area contributed by atoms with Crippen molar-refractivity contribution in [3.05, 3.63) is 60.4 Å². The number of para-hydroxylation sites is 2. The Labute approximate surface area is 132 Å². The van der Waals surface area contributed by atoms with Gasteiger partial charge in [-0.05, 0) is 41.1 Å². The highest BCUT2D eigenvalue weighted by Gasteiger charge is 2.07. The summed E-state index contributed by atoms with van der Waals surface area (Å²) >= 11 is 0. The molecule has 0 aliphatic carbocycles. The number of nitrogens with one attached hydrogen (secondary N) is 1. The number of halogens is 1. The number of tetrazole rings is 1. The molecule has 0 radical (unpaired) electrons. The SMILES string of the molecule is Fc1ccccc1OCCCNc1nnnn1-c1ccccc1. The molecule has 0 saturated heterocycles. The zero-order valence-electron chi connectivity index (χ0n) is 12.4. The van der Waals surface area contributed by atoms with E-state index in [0.29, 0.717) is 25.5 Å². The van der Waals surface area contributed by atoms with Gasteiger partial charge in [-0.25, -0.2) is 4.39 Å². The van der Waals surface area contributed by atoms with Crippen LogP contribution >= 0.6 is 0 Å². The second kappa shape index (κ2) is 7.35. The highest BCUT2D eigenvalue weighted by Crippen LogP contribution is 2.15. The number of hydrogen-bond acceptors (Lipinski definition) is 5. The van der Waals surface area contributed by atoms with Gasteiger partial charge in [0.25, 0.3) is 0 Å². The van der Waals surface area contributed by atoms with Crippen LogP contribution in [0.4, 0.5) is 10.3 Å². The first-order chi connectivity index (χ1) is 11.3. The van der Waals surface area contributed by atoms with Crippen LogP contribution in [0.2, 0.25) is 0 Å². The van der Waals surface area contributed by atoms with E-state index in [0.717, 1.165) is 5.69 Å². The van der Waals surface area contributed by atoms with E-state index < -0.39 is 0 Å². The zero-order chi connectivity index (χ0) is 15.9. The van der Waals surface area contributed by atoms with E-state index >= 15 is 0 Å². The molecule has 3 rings (SSSR count). The van der Waals surface area contributed by atoms with Crippen molar-refractivity contribution in [2.24, 2.45) is 0 Å². The van der Waals surface area contributed by atoms with Crippen LogP contribution in [0.3, 0.4) is 0 Å². The van der Waals surface area contributed by atoms with Crippen LogP contribution in [-0.2, 0) is 0 Å². The third-order valence-electron chi connectivity index (χ3n) is 3.17. The number of benzene rings is 2. The molecule has 0 fully saturated rings. The molecular weight excluding hydrogens is 297 g/mol. The van der Waals surface area contributed by atoms with Crippen molar-refractivity contribution in [2.75, 3.05) is 18.5 Å². The number of rotatable bonds is 7. The predicted molar refractivity (Wildman–Crippen MR) is 84.2 cm³/mol. The van der Waals surface area contributed by atoms with Gasteiger partial charge in [-0.2, -0.15) is 4.68 Å². The van der Waals surface area contributed by atoms with E-state index in [1.54, 1.807) is 22.9 Å². The average molecular weight is 313 g/mol. The minimum atomic E-state index is -0.353. The van der Waals surface area contributed by atoms with Crippen LogP contribution in [-0.4, -0.2) is 33.4 Å². The molecule has 2 aromatic carbocycles. The van der Waals surface area contributed by atoms with Crippen LogP contribution in [0.5, 0.6) is 5.75 Å². The summed E-state index contributed by atoms with van der Waals surface area (Å²) in [5.41, 5.74) is 0.877. The van der Waals surface area contributed by atoms with Crippen molar-refractivity contribution in [3.63, 3.8) is 0 Å². The molecule has 1 N–H and O–H groups in total. The Balaban J connectivity index is 1.49. The number of nitrogens with zero attached hydrogens (tertiary/aromatic N) is 4. The summed E-state index contributed by atoms with van der Waals surface area (Å²) < 4.78 is 20.4. The molecule has 6 nitrogen and oxygen atoms in total. The van der Waals surface area contributed by atoms with Crippen molar-refractivity contribution in [1.29, 1.82) is 0 Å². The summed E-state index contributed by atoms with van der Waals surface area (Å²) in [7, 11) is 0. The fourth-order valence-corrected chi connectivity index (χ4v) is 2.06. The smallest absolute Gasteiger partial charge is 0.247 e. The van der Waals surface area contributed by atoms with E-state index in [4.69, 9.17) is 4.74 Å². The van der Waals surface area contributed by atoms with Gasteiger partial charge in [0.2, 0.25) is 5.95 Å². The van der Waals surface area contributed by atoms with Gasteiger partial charge in [-0.1, -0.05) is 35.4 Å². The molecule has 23 heavy (non-hydrogen) atoms. The van der Waals surface area contributed by atoms with Gasteiger partial charge in [0.15, 0.2) is 11.6 Å². The van der Waals surface area contributed by atoms with E-state index in [2.05, 4.69) is 20.8 Å². The normalized spacial score (nSPS) is 10.5. The van der Waals surface area contributed by atoms with E-state index in [1.807, 2.05) is 30.3 Å². The van der Waals surface area contributed by atoms with Gasteiger partial charge in [-0.3, -0.25) is 0 Å². The van der Waals surface area contributed by atoms with Crippen molar-refractivity contribution in [2.45, 2.75) is 6.42 Å². The summed E-state index contributed by atoms with van der Waals surface area (Å²) in [5, 5.41) is 14.7. The maximum absolute atomic E-state index is 13.4. The Kier molecular flexibility index (Phi) is 4.78. The minimum absolute atomic E-state index is 0.265. The molecule has 0 spiro atoms. The van der Waals surface area contributed by atoms with Crippen molar-refractivity contribution in [1.82, 2.24) is 20.2 Å². The molecule has 0 bridgehead atoms. The molecule has 0 amide bonds. The predicted octanol–water partition coefficient (Wildman–Crippen LogP) is 2.68. The molecular formula is C16H16FN5O. The van der Waals surface area contributed by atoms with Crippen molar-refractivity contribution < 1.29 is 9.13 Å². The third kappa shape index (κ3) is 3.82. The fraction of sp³-hybridized carbons (Fsp3) is 0.188. The molecule has 7 heteroatoms. The Morgan fingerprint density at radius 1 is 1.04 bits per heavy atom. The molecule has 1 heterocycles. The highest BCUT2D eigenvalue weighted by atomic mass is 19.1. The van der Waals surface area contributed by atoms with Gasteiger partial charge >= 0.3 is 0 Å². The Bertz CT molecular complexity index is 747. The Hall–Kier alpha value is -2.96. The lowest BCUT2D eigenvalue weighted by atomic mass is 10.3. The van der Waals surface area contributed by atoms with Crippen LogP contribution in [0.25, 0.3) is 5.69 Å². The summed E-state index contributed by atoms with van der Waals surface area (Å²) in [6.45, 7) is 1.02. The number of hydrogen-bond donors (Lipinski definition) is 1. The molecule has 0 aliphatic heterocycles. The molecule has 0 unspecified atom stereocenters. The quantitative estimate of drug-likeness (QED) is 0.679. The van der Waals surface area contributed by atoms with Crippen LogP contribution < -0.4 is 10.1 Å². The Morgan fingerprint density at radius 2 is 1.83 bits per heavy atom. The Morgan fingerprint density at radius 3 is 2.65 bits per heavy atom. The monoisotopic (exact) mass is 313 g/mol. The second-order valence-corrected chi connectivity index (χ2v) is 4.81. The fourth-order valence-electron chi connectivity index (χ4n) is 2.06. The maximum Gasteiger partial charge on any atom is 0.247 e. The highest BCUT2D eigenvalue weighted by molar-refractivity contribution is 5.38. The zero-order valence-corrected chi connectivity index (χ0v) is 12.4. The third-order valence-corrected chi connectivity index (χ3v) is 3.17. The molecule has 0 atom stereocenters. The maximum atomic E-state index is 13.4. The number of ether oxygens (including phenoxy) is 1. The van der Waals surface area contributed by atoms with Crippen molar-refractivity contribution in [3.8, 4) is 11.4 Å². The second-order valence-electron chi connectivity index (χ2n) is 4.81. The van der Waals surface area contributed by atoms with Gasteiger partial charge < -0.3 is 10.1 Å². The lowest BCUT2D eigenvalue weighted by molar-refractivity contribution is 0.299. The van der Waals surface area contributed by atoms with Crippen LogP contribution in [0, 0.1) is 5.82 Å². The lowest BCUT2D eigenvalue weighted by Crippen LogP contribution is -2.11. The van der Waals surface area contributed by atoms with Crippen LogP contribution in [0.1, 0.15) is 6.42 Å². The van der Waals surface area contributed by atoms with E-state index in [9.17, 15) is 4.39 Å². The van der Waals surface area contributed by atoms with Gasteiger partial charge in [0, 0.05) is 6.54 Å². The first-order valence-electron chi connectivity index (χ1n) is 7.29. The summed E-state index contributed by atoms with van der Waals surface area (Å²) in [4.78, 5) is 0. The van der Waals surface area contributed by atoms with Crippen LogP contribution in [0.15, 0.2) is 54.6 Å². The average Bonchev–Trinajstić information content (AvgIpc) is 3.05. The van der Waals surface area contributed by atoms with Gasteiger partial charge in [0.1, 0.15) is 0 Å². The van der Waals surface area contributed by atoms with E-state index in [1.165, 1.54) is 6.07 Å². The molecule has 1 aromatic heterocycles. The van der Waals surface area contributed by atoms with Gasteiger partial charge in [0.05, 0.1) is 12.3 Å². The number of aromatic nitrogens is 4. The number of anilines is 1.